The molecule has 1 aliphatic carbocycles. The smallest absolute Gasteiger partial charge is 0.0279 e. The van der Waals surface area contributed by atoms with Crippen molar-refractivity contribution in [3.8, 4) is 0 Å². The average molecular weight is 266 g/mol. The molecule has 1 heterocycles. The number of rotatable bonds is 7. The van der Waals surface area contributed by atoms with Gasteiger partial charge in [-0.1, -0.05) is 32.6 Å². The van der Waals surface area contributed by atoms with E-state index in [1.165, 1.54) is 51.4 Å². The lowest BCUT2D eigenvalue weighted by Crippen LogP contribution is -2.40. The Morgan fingerprint density at radius 2 is 2.33 bits per heavy atom. The maximum atomic E-state index is 5.80. The molecular weight excluding hydrogens is 240 g/mol. The van der Waals surface area contributed by atoms with Crippen molar-refractivity contribution in [3.05, 3.63) is 21.9 Å². The van der Waals surface area contributed by atoms with E-state index in [-0.39, 0.29) is 0 Å². The molecule has 2 nitrogen and oxygen atoms in total. The molecule has 0 aliphatic heterocycles. The van der Waals surface area contributed by atoms with Gasteiger partial charge in [0.25, 0.3) is 0 Å². The Labute approximate surface area is 115 Å². The molecule has 3 N–H and O–H groups in total. The van der Waals surface area contributed by atoms with Crippen molar-refractivity contribution in [1.82, 2.24) is 5.43 Å². The molecule has 102 valence electrons. The third-order valence-electron chi connectivity index (χ3n) is 4.17. The quantitative estimate of drug-likeness (QED) is 0.445. The van der Waals surface area contributed by atoms with Crippen LogP contribution in [0.4, 0.5) is 0 Å². The lowest BCUT2D eigenvalue weighted by Gasteiger charge is -2.30. The summed E-state index contributed by atoms with van der Waals surface area (Å²) in [4.78, 5) is 1.60. The standard InChI is InChI=1S/C15H26N2S/c1-2-3-4-5-8-14(17-16)12-7-6-9-15-13(12)10-11-18-15/h10-12,14,17H,2-9,16H2,1H3. The summed E-state index contributed by atoms with van der Waals surface area (Å²) in [6.07, 6.45) is 10.4. The van der Waals surface area contributed by atoms with Crippen molar-refractivity contribution in [1.29, 1.82) is 0 Å². The largest absolute Gasteiger partial charge is 0.271 e. The molecule has 2 rings (SSSR count). The predicted molar refractivity (Wildman–Crippen MR) is 79.9 cm³/mol. The highest BCUT2D eigenvalue weighted by molar-refractivity contribution is 7.10. The van der Waals surface area contributed by atoms with Crippen LogP contribution >= 0.6 is 11.3 Å². The molecule has 18 heavy (non-hydrogen) atoms. The number of hydrogen-bond donors (Lipinski definition) is 2. The van der Waals surface area contributed by atoms with Gasteiger partial charge in [0.15, 0.2) is 0 Å². The number of nitrogens with two attached hydrogens (primary N) is 1. The van der Waals surface area contributed by atoms with Crippen LogP contribution in [0.25, 0.3) is 0 Å². The summed E-state index contributed by atoms with van der Waals surface area (Å²) in [7, 11) is 0. The van der Waals surface area contributed by atoms with E-state index in [0.29, 0.717) is 12.0 Å². The van der Waals surface area contributed by atoms with Gasteiger partial charge in [0.05, 0.1) is 0 Å². The minimum absolute atomic E-state index is 0.468. The second-order valence-corrected chi connectivity index (χ2v) is 6.42. The third-order valence-corrected chi connectivity index (χ3v) is 5.16. The van der Waals surface area contributed by atoms with Gasteiger partial charge in [0, 0.05) is 16.8 Å². The van der Waals surface area contributed by atoms with Gasteiger partial charge in [-0.05, 0) is 42.7 Å². The lowest BCUT2D eigenvalue weighted by atomic mass is 9.81. The summed E-state index contributed by atoms with van der Waals surface area (Å²) in [5.41, 5.74) is 4.66. The molecule has 0 amide bonds. The van der Waals surface area contributed by atoms with Crippen LogP contribution in [0, 0.1) is 0 Å². The van der Waals surface area contributed by atoms with E-state index in [2.05, 4.69) is 23.8 Å². The number of thiophene rings is 1. The Hall–Kier alpha value is -0.380. The van der Waals surface area contributed by atoms with Crippen LogP contribution in [0.15, 0.2) is 11.4 Å². The van der Waals surface area contributed by atoms with Gasteiger partial charge in [0.1, 0.15) is 0 Å². The first kappa shape index (κ1) is 14.0. The first-order valence-corrected chi connectivity index (χ1v) is 8.27. The van der Waals surface area contributed by atoms with E-state index in [9.17, 15) is 0 Å². The fourth-order valence-electron chi connectivity index (χ4n) is 3.13. The third kappa shape index (κ3) is 3.34. The van der Waals surface area contributed by atoms with Crippen LogP contribution in [-0.4, -0.2) is 6.04 Å². The van der Waals surface area contributed by atoms with Crippen LogP contribution in [0.3, 0.4) is 0 Å². The number of hydrogen-bond acceptors (Lipinski definition) is 3. The Morgan fingerprint density at radius 1 is 1.44 bits per heavy atom. The first-order valence-electron chi connectivity index (χ1n) is 7.39. The maximum absolute atomic E-state index is 5.80. The highest BCUT2D eigenvalue weighted by atomic mass is 32.1. The normalized spacial score (nSPS) is 20.7. The summed E-state index contributed by atoms with van der Waals surface area (Å²) in [6.45, 7) is 2.26. The van der Waals surface area contributed by atoms with Crippen LogP contribution in [0.1, 0.15) is 68.2 Å². The zero-order valence-corrected chi connectivity index (χ0v) is 12.3. The summed E-state index contributed by atoms with van der Waals surface area (Å²) >= 11 is 1.92. The van der Waals surface area contributed by atoms with E-state index in [0.717, 1.165) is 0 Å². The first-order chi connectivity index (χ1) is 8.86. The molecule has 0 fully saturated rings. The predicted octanol–water partition coefficient (Wildman–Crippen LogP) is 3.97. The molecule has 2 unspecified atom stereocenters. The Bertz CT molecular complexity index is 348. The van der Waals surface area contributed by atoms with Crippen molar-refractivity contribution in [3.63, 3.8) is 0 Å². The zero-order valence-electron chi connectivity index (χ0n) is 11.5. The Kier molecular flexibility index (Phi) is 5.67. The summed E-state index contributed by atoms with van der Waals surface area (Å²) < 4.78 is 0. The molecule has 1 aromatic rings. The van der Waals surface area contributed by atoms with Crippen LogP contribution in [-0.2, 0) is 6.42 Å². The van der Waals surface area contributed by atoms with E-state index < -0.39 is 0 Å². The molecule has 2 atom stereocenters. The number of fused-ring (bicyclic) bond motifs is 1. The molecule has 0 spiro atoms. The van der Waals surface area contributed by atoms with E-state index >= 15 is 0 Å². The van der Waals surface area contributed by atoms with E-state index in [1.54, 1.807) is 10.4 Å². The van der Waals surface area contributed by atoms with Gasteiger partial charge in [-0.15, -0.1) is 11.3 Å². The maximum Gasteiger partial charge on any atom is 0.0279 e. The van der Waals surface area contributed by atoms with Crippen LogP contribution in [0.5, 0.6) is 0 Å². The minimum Gasteiger partial charge on any atom is -0.271 e. The molecule has 1 aromatic heterocycles. The van der Waals surface area contributed by atoms with E-state index in [4.69, 9.17) is 5.84 Å². The molecule has 1 aliphatic rings. The number of hydrazine groups is 1. The molecule has 0 saturated heterocycles. The van der Waals surface area contributed by atoms with Crippen molar-refractivity contribution in [2.45, 2.75) is 70.3 Å². The van der Waals surface area contributed by atoms with Gasteiger partial charge in [-0.25, -0.2) is 0 Å². The molecule has 0 bridgehead atoms. The summed E-state index contributed by atoms with van der Waals surface area (Å²) in [5.74, 6) is 6.44. The van der Waals surface area contributed by atoms with Gasteiger partial charge in [0.2, 0.25) is 0 Å². The van der Waals surface area contributed by atoms with Gasteiger partial charge < -0.3 is 0 Å². The highest BCUT2D eigenvalue weighted by Gasteiger charge is 2.27. The summed E-state index contributed by atoms with van der Waals surface area (Å²) in [5, 5.41) is 2.24. The Balaban J connectivity index is 1.92. The lowest BCUT2D eigenvalue weighted by molar-refractivity contribution is 0.368. The van der Waals surface area contributed by atoms with Crippen molar-refractivity contribution in [2.24, 2.45) is 5.84 Å². The van der Waals surface area contributed by atoms with Crippen molar-refractivity contribution < 1.29 is 0 Å². The van der Waals surface area contributed by atoms with E-state index in [1.807, 2.05) is 11.3 Å². The minimum atomic E-state index is 0.468. The zero-order chi connectivity index (χ0) is 12.8. The van der Waals surface area contributed by atoms with Crippen LogP contribution < -0.4 is 11.3 Å². The monoisotopic (exact) mass is 266 g/mol. The molecule has 0 radical (unpaired) electrons. The average Bonchev–Trinajstić information content (AvgIpc) is 2.87. The number of aryl methyl sites for hydroxylation is 1. The van der Waals surface area contributed by atoms with Gasteiger partial charge in [-0.3, -0.25) is 11.3 Å². The fraction of sp³-hybridized carbons (Fsp3) is 0.733. The second kappa shape index (κ2) is 7.27. The molecule has 0 aromatic carbocycles. The van der Waals surface area contributed by atoms with Crippen molar-refractivity contribution >= 4 is 11.3 Å². The second-order valence-electron chi connectivity index (χ2n) is 5.42. The van der Waals surface area contributed by atoms with Gasteiger partial charge >= 0.3 is 0 Å². The van der Waals surface area contributed by atoms with Crippen LogP contribution in [0.2, 0.25) is 0 Å². The fourth-order valence-corrected chi connectivity index (χ4v) is 4.13. The van der Waals surface area contributed by atoms with Crippen molar-refractivity contribution in [2.75, 3.05) is 0 Å². The van der Waals surface area contributed by atoms with Gasteiger partial charge in [-0.2, -0.15) is 0 Å². The Morgan fingerprint density at radius 3 is 3.11 bits per heavy atom. The highest BCUT2D eigenvalue weighted by Crippen LogP contribution is 2.37. The molecular formula is C15H26N2S. The SMILES string of the molecule is CCCCCCC(NN)C1CCCc2sccc21. The molecule has 3 heteroatoms. The number of nitrogens with one attached hydrogen (secondary N) is 1. The topological polar surface area (TPSA) is 38.0 Å². The summed E-state index contributed by atoms with van der Waals surface area (Å²) in [6, 6.07) is 2.79. The number of unbranched alkanes of at least 4 members (excludes halogenated alkanes) is 3. The molecule has 0 saturated carbocycles.